The predicted octanol–water partition coefficient (Wildman–Crippen LogP) is 3.21. The van der Waals surface area contributed by atoms with Gasteiger partial charge in [0, 0.05) is 11.9 Å². The molecule has 0 saturated carbocycles. The summed E-state index contributed by atoms with van der Waals surface area (Å²) in [7, 11) is 0. The van der Waals surface area contributed by atoms with Crippen molar-refractivity contribution in [2.75, 3.05) is 11.1 Å². The maximum Gasteiger partial charge on any atom is 0.257 e. The quantitative estimate of drug-likeness (QED) is 0.879. The van der Waals surface area contributed by atoms with Crippen molar-refractivity contribution >= 4 is 17.4 Å². The highest BCUT2D eigenvalue weighted by molar-refractivity contribution is 6.04. The van der Waals surface area contributed by atoms with Crippen LogP contribution in [-0.4, -0.2) is 10.9 Å². The van der Waals surface area contributed by atoms with Crippen molar-refractivity contribution in [2.24, 2.45) is 0 Å². The molecule has 104 valence electrons. The Balaban J connectivity index is 2.26. The lowest BCUT2D eigenvalue weighted by atomic mass is 9.86. The number of hydrogen-bond acceptors (Lipinski definition) is 3. The molecule has 4 nitrogen and oxygen atoms in total. The molecule has 2 aromatic rings. The topological polar surface area (TPSA) is 68.0 Å². The van der Waals surface area contributed by atoms with Gasteiger partial charge in [-0.05, 0) is 29.2 Å². The minimum Gasteiger partial charge on any atom is -0.384 e. The largest absolute Gasteiger partial charge is 0.384 e. The number of benzene rings is 1. The highest BCUT2D eigenvalue weighted by Crippen LogP contribution is 2.29. The summed E-state index contributed by atoms with van der Waals surface area (Å²) in [5.41, 5.74) is 7.88. The number of nitrogens with zero attached hydrogens (tertiary/aromatic N) is 1. The Morgan fingerprint density at radius 2 is 1.85 bits per heavy atom. The van der Waals surface area contributed by atoms with Gasteiger partial charge in [0.1, 0.15) is 5.82 Å². The van der Waals surface area contributed by atoms with Crippen molar-refractivity contribution < 1.29 is 4.79 Å². The number of hydrogen-bond donors (Lipinski definition) is 2. The number of nitrogens with two attached hydrogens (primary N) is 1. The summed E-state index contributed by atoms with van der Waals surface area (Å²) in [5, 5.41) is 2.93. The molecule has 0 aliphatic heterocycles. The first-order valence-corrected chi connectivity index (χ1v) is 6.50. The fourth-order valence-corrected chi connectivity index (χ4v) is 1.98. The zero-order valence-corrected chi connectivity index (χ0v) is 12.0. The number of nitrogen functional groups attached to an aromatic ring is 1. The summed E-state index contributed by atoms with van der Waals surface area (Å²) in [5.74, 6) is 0.214. The Bertz CT molecular complexity index is 612. The van der Waals surface area contributed by atoms with Crippen LogP contribution in [-0.2, 0) is 5.41 Å². The molecule has 0 aliphatic carbocycles. The third kappa shape index (κ3) is 3.15. The van der Waals surface area contributed by atoms with Crippen LogP contribution >= 0.6 is 0 Å². The van der Waals surface area contributed by atoms with E-state index in [2.05, 4.69) is 31.1 Å². The first-order chi connectivity index (χ1) is 9.38. The molecule has 0 aliphatic rings. The lowest BCUT2D eigenvalue weighted by Gasteiger charge is -2.23. The molecule has 20 heavy (non-hydrogen) atoms. The normalized spacial score (nSPS) is 11.2. The second-order valence-corrected chi connectivity index (χ2v) is 5.72. The minimum atomic E-state index is -0.186. The highest BCUT2D eigenvalue weighted by atomic mass is 16.1. The molecule has 1 aromatic heterocycles. The number of para-hydroxylation sites is 1. The Kier molecular flexibility index (Phi) is 3.74. The average Bonchev–Trinajstić information content (AvgIpc) is 2.38. The second kappa shape index (κ2) is 5.33. The Hall–Kier alpha value is -2.36. The Morgan fingerprint density at radius 1 is 1.15 bits per heavy atom. The standard InChI is InChI=1S/C16H19N3O/c1-16(2,3)12-6-4-5-7-13(12)19-15(20)11-8-9-14(17)18-10-11/h4-10H,1-3H3,(H2,17,18)(H,19,20). The van der Waals surface area contributed by atoms with Gasteiger partial charge >= 0.3 is 0 Å². The predicted molar refractivity (Wildman–Crippen MR) is 81.7 cm³/mol. The smallest absolute Gasteiger partial charge is 0.257 e. The van der Waals surface area contributed by atoms with Crippen LogP contribution in [0.3, 0.4) is 0 Å². The number of anilines is 2. The van der Waals surface area contributed by atoms with Crippen molar-refractivity contribution in [3.63, 3.8) is 0 Å². The number of amides is 1. The van der Waals surface area contributed by atoms with Crippen LogP contribution in [0.15, 0.2) is 42.6 Å². The minimum absolute atomic E-state index is 0.0385. The molecular weight excluding hydrogens is 250 g/mol. The van der Waals surface area contributed by atoms with Gasteiger partial charge in [-0.25, -0.2) is 4.98 Å². The van der Waals surface area contributed by atoms with E-state index in [1.807, 2.05) is 24.3 Å². The lowest BCUT2D eigenvalue weighted by Crippen LogP contribution is -2.18. The molecule has 1 aromatic carbocycles. The molecule has 0 fully saturated rings. The van der Waals surface area contributed by atoms with Gasteiger partial charge in [-0.2, -0.15) is 0 Å². The molecule has 0 spiro atoms. The van der Waals surface area contributed by atoms with Gasteiger partial charge in [0.15, 0.2) is 0 Å². The molecule has 0 bridgehead atoms. The molecule has 3 N–H and O–H groups in total. The van der Waals surface area contributed by atoms with Crippen molar-refractivity contribution in [3.8, 4) is 0 Å². The summed E-state index contributed by atoms with van der Waals surface area (Å²) in [6.45, 7) is 6.34. The zero-order valence-electron chi connectivity index (χ0n) is 12.0. The van der Waals surface area contributed by atoms with Crippen molar-refractivity contribution in [1.29, 1.82) is 0 Å². The number of carbonyl (C=O) groups is 1. The number of pyridine rings is 1. The summed E-state index contributed by atoms with van der Waals surface area (Å²) < 4.78 is 0. The van der Waals surface area contributed by atoms with Gasteiger partial charge in [-0.3, -0.25) is 4.79 Å². The van der Waals surface area contributed by atoms with E-state index in [9.17, 15) is 4.79 Å². The Labute approximate surface area is 119 Å². The van der Waals surface area contributed by atoms with Crippen LogP contribution in [0.1, 0.15) is 36.7 Å². The van der Waals surface area contributed by atoms with Gasteiger partial charge in [0.2, 0.25) is 0 Å². The fourth-order valence-electron chi connectivity index (χ4n) is 1.98. The van der Waals surface area contributed by atoms with Crippen LogP contribution in [0.2, 0.25) is 0 Å². The lowest BCUT2D eigenvalue weighted by molar-refractivity contribution is 0.102. The molecule has 0 unspecified atom stereocenters. The van der Waals surface area contributed by atoms with E-state index >= 15 is 0 Å². The number of rotatable bonds is 2. The fraction of sp³-hybridized carbons (Fsp3) is 0.250. The average molecular weight is 269 g/mol. The second-order valence-electron chi connectivity index (χ2n) is 5.72. The van der Waals surface area contributed by atoms with Crippen LogP contribution in [0, 0.1) is 0 Å². The molecule has 0 radical (unpaired) electrons. The van der Waals surface area contributed by atoms with E-state index in [0.717, 1.165) is 11.3 Å². The number of aromatic nitrogens is 1. The maximum absolute atomic E-state index is 12.2. The zero-order chi connectivity index (χ0) is 14.8. The van der Waals surface area contributed by atoms with E-state index in [-0.39, 0.29) is 11.3 Å². The van der Waals surface area contributed by atoms with Crippen molar-refractivity contribution in [3.05, 3.63) is 53.7 Å². The Morgan fingerprint density at radius 3 is 2.45 bits per heavy atom. The van der Waals surface area contributed by atoms with Gasteiger partial charge in [0.25, 0.3) is 5.91 Å². The van der Waals surface area contributed by atoms with E-state index in [1.54, 1.807) is 12.1 Å². The summed E-state index contributed by atoms with van der Waals surface area (Å²) >= 11 is 0. The van der Waals surface area contributed by atoms with Gasteiger partial charge in [-0.1, -0.05) is 39.0 Å². The first kappa shape index (κ1) is 14.1. The summed E-state index contributed by atoms with van der Waals surface area (Å²) in [6.07, 6.45) is 1.48. The van der Waals surface area contributed by atoms with Crippen molar-refractivity contribution in [1.82, 2.24) is 4.98 Å². The van der Waals surface area contributed by atoms with Gasteiger partial charge < -0.3 is 11.1 Å². The van der Waals surface area contributed by atoms with E-state index < -0.39 is 0 Å². The van der Waals surface area contributed by atoms with E-state index in [1.165, 1.54) is 6.20 Å². The van der Waals surface area contributed by atoms with Crippen molar-refractivity contribution in [2.45, 2.75) is 26.2 Å². The molecule has 0 saturated heterocycles. The molecule has 1 amide bonds. The van der Waals surface area contributed by atoms with Gasteiger partial charge in [0.05, 0.1) is 5.56 Å². The van der Waals surface area contributed by atoms with Gasteiger partial charge in [-0.15, -0.1) is 0 Å². The number of carbonyl (C=O) groups excluding carboxylic acids is 1. The third-order valence-electron chi connectivity index (χ3n) is 3.03. The summed E-state index contributed by atoms with van der Waals surface area (Å²) in [4.78, 5) is 16.1. The van der Waals surface area contributed by atoms with E-state index in [4.69, 9.17) is 5.73 Å². The third-order valence-corrected chi connectivity index (χ3v) is 3.03. The summed E-state index contributed by atoms with van der Waals surface area (Å²) in [6, 6.07) is 11.1. The monoisotopic (exact) mass is 269 g/mol. The van der Waals surface area contributed by atoms with E-state index in [0.29, 0.717) is 11.4 Å². The molecule has 0 atom stereocenters. The van der Waals surface area contributed by atoms with Crippen LogP contribution in [0.4, 0.5) is 11.5 Å². The molecule has 4 heteroatoms. The maximum atomic E-state index is 12.2. The number of nitrogens with one attached hydrogen (secondary N) is 1. The molecular formula is C16H19N3O. The molecule has 1 heterocycles. The van der Waals surface area contributed by atoms with Crippen LogP contribution in [0.25, 0.3) is 0 Å². The SMILES string of the molecule is CC(C)(C)c1ccccc1NC(=O)c1ccc(N)nc1. The highest BCUT2D eigenvalue weighted by Gasteiger charge is 2.18. The molecule has 2 rings (SSSR count). The first-order valence-electron chi connectivity index (χ1n) is 6.50. The van der Waals surface area contributed by atoms with Crippen LogP contribution in [0.5, 0.6) is 0 Å². The van der Waals surface area contributed by atoms with Crippen LogP contribution < -0.4 is 11.1 Å².